The second kappa shape index (κ2) is 10.0. The van der Waals surface area contributed by atoms with Gasteiger partial charge < -0.3 is 15.4 Å². The minimum absolute atomic E-state index is 0.666. The first-order valence-electron chi connectivity index (χ1n) is 8.93. The number of nitrogens with one attached hydrogen (secondary N) is 2. The van der Waals surface area contributed by atoms with Gasteiger partial charge in [-0.1, -0.05) is 31.2 Å². The third kappa shape index (κ3) is 6.39. The van der Waals surface area contributed by atoms with Gasteiger partial charge in [-0.25, -0.2) is 0 Å². The minimum Gasteiger partial charge on any atom is -0.493 e. The molecule has 134 valence electrons. The summed E-state index contributed by atoms with van der Waals surface area (Å²) in [7, 11) is 0. The monoisotopic (exact) mass is 356 g/mol. The van der Waals surface area contributed by atoms with E-state index in [1.807, 2.05) is 12.1 Å². The molecular formula is C21H28N2OS. The molecule has 2 rings (SSSR count). The molecule has 0 amide bonds. The summed E-state index contributed by atoms with van der Waals surface area (Å²) in [5.41, 5.74) is 4.83. The third-order valence-corrected chi connectivity index (χ3v) is 4.35. The van der Waals surface area contributed by atoms with Crippen molar-refractivity contribution in [3.8, 4) is 5.75 Å². The summed E-state index contributed by atoms with van der Waals surface area (Å²) in [5, 5.41) is 7.19. The Morgan fingerprint density at radius 2 is 1.88 bits per heavy atom. The molecule has 0 aliphatic heterocycles. The van der Waals surface area contributed by atoms with E-state index in [2.05, 4.69) is 61.7 Å². The van der Waals surface area contributed by atoms with E-state index in [9.17, 15) is 0 Å². The number of hydrogen-bond donors (Lipinski definition) is 2. The largest absolute Gasteiger partial charge is 0.493 e. The predicted octanol–water partition coefficient (Wildman–Crippen LogP) is 5.01. The number of benzene rings is 2. The van der Waals surface area contributed by atoms with Crippen molar-refractivity contribution >= 4 is 23.0 Å². The van der Waals surface area contributed by atoms with Crippen molar-refractivity contribution in [1.29, 1.82) is 0 Å². The molecule has 0 heterocycles. The SMILES string of the molecule is CCCOc1ccccc1CCCNC(=S)Nc1ccc(C)c(C)c1. The summed E-state index contributed by atoms with van der Waals surface area (Å²) >= 11 is 5.38. The van der Waals surface area contributed by atoms with E-state index < -0.39 is 0 Å². The van der Waals surface area contributed by atoms with Crippen LogP contribution in [0.2, 0.25) is 0 Å². The zero-order valence-electron chi connectivity index (χ0n) is 15.4. The van der Waals surface area contributed by atoms with Crippen LogP contribution in [0, 0.1) is 13.8 Å². The molecule has 3 nitrogen and oxygen atoms in total. The van der Waals surface area contributed by atoms with Crippen molar-refractivity contribution in [2.24, 2.45) is 0 Å². The summed E-state index contributed by atoms with van der Waals surface area (Å²) in [4.78, 5) is 0. The quantitative estimate of drug-likeness (QED) is 0.514. The van der Waals surface area contributed by atoms with Gasteiger partial charge in [0.25, 0.3) is 0 Å². The summed E-state index contributed by atoms with van der Waals surface area (Å²) < 4.78 is 5.81. The number of rotatable bonds is 8. The van der Waals surface area contributed by atoms with Crippen molar-refractivity contribution in [3.63, 3.8) is 0 Å². The first-order chi connectivity index (χ1) is 12.1. The van der Waals surface area contributed by atoms with Gasteiger partial charge >= 0.3 is 0 Å². The van der Waals surface area contributed by atoms with Crippen molar-refractivity contribution < 1.29 is 4.74 Å². The molecule has 0 spiro atoms. The molecule has 0 atom stereocenters. The molecule has 0 fully saturated rings. The van der Waals surface area contributed by atoms with Gasteiger partial charge in [0.2, 0.25) is 0 Å². The van der Waals surface area contributed by atoms with E-state index in [-0.39, 0.29) is 0 Å². The maximum atomic E-state index is 5.81. The molecule has 0 aromatic heterocycles. The van der Waals surface area contributed by atoms with Gasteiger partial charge in [0.1, 0.15) is 5.75 Å². The Labute approximate surface area is 156 Å². The lowest BCUT2D eigenvalue weighted by Gasteiger charge is -2.13. The lowest BCUT2D eigenvalue weighted by Crippen LogP contribution is -2.29. The van der Waals surface area contributed by atoms with Gasteiger partial charge in [0, 0.05) is 12.2 Å². The highest BCUT2D eigenvalue weighted by Gasteiger charge is 2.03. The lowest BCUT2D eigenvalue weighted by molar-refractivity contribution is 0.314. The van der Waals surface area contributed by atoms with Crippen molar-refractivity contribution in [1.82, 2.24) is 5.32 Å². The summed E-state index contributed by atoms with van der Waals surface area (Å²) in [6, 6.07) is 14.5. The second-order valence-corrected chi connectivity index (χ2v) is 6.65. The summed E-state index contributed by atoms with van der Waals surface area (Å²) in [6.45, 7) is 7.93. The van der Waals surface area contributed by atoms with Crippen LogP contribution in [0.1, 0.15) is 36.5 Å². The fraction of sp³-hybridized carbons (Fsp3) is 0.381. The Hall–Kier alpha value is -2.07. The Bertz CT molecular complexity index is 700. The molecule has 2 N–H and O–H groups in total. The normalized spacial score (nSPS) is 10.4. The molecule has 4 heteroatoms. The smallest absolute Gasteiger partial charge is 0.170 e. The average Bonchev–Trinajstić information content (AvgIpc) is 2.61. The van der Waals surface area contributed by atoms with Crippen molar-refractivity contribution in [3.05, 3.63) is 59.2 Å². The number of anilines is 1. The molecule has 0 aliphatic carbocycles. The maximum Gasteiger partial charge on any atom is 0.170 e. The fourth-order valence-electron chi connectivity index (χ4n) is 2.54. The zero-order valence-corrected chi connectivity index (χ0v) is 16.2. The van der Waals surface area contributed by atoms with E-state index in [0.29, 0.717) is 5.11 Å². The molecule has 25 heavy (non-hydrogen) atoms. The van der Waals surface area contributed by atoms with Gasteiger partial charge in [-0.3, -0.25) is 0 Å². The van der Waals surface area contributed by atoms with Crippen molar-refractivity contribution in [2.75, 3.05) is 18.5 Å². The molecule has 2 aromatic carbocycles. The highest BCUT2D eigenvalue weighted by atomic mass is 32.1. The van der Waals surface area contributed by atoms with Crippen LogP contribution in [-0.2, 0) is 6.42 Å². The highest BCUT2D eigenvalue weighted by molar-refractivity contribution is 7.80. The van der Waals surface area contributed by atoms with Crippen LogP contribution >= 0.6 is 12.2 Å². The fourth-order valence-corrected chi connectivity index (χ4v) is 2.76. The highest BCUT2D eigenvalue weighted by Crippen LogP contribution is 2.19. The molecule has 0 saturated heterocycles. The van der Waals surface area contributed by atoms with Gasteiger partial charge in [-0.05, 0) is 80.2 Å². The van der Waals surface area contributed by atoms with Crippen LogP contribution in [0.3, 0.4) is 0 Å². The lowest BCUT2D eigenvalue weighted by atomic mass is 10.1. The standard InChI is InChI=1S/C21H28N2OS/c1-4-14-24-20-10-6-5-8-18(20)9-7-13-22-21(25)23-19-12-11-16(2)17(3)15-19/h5-6,8,10-12,15H,4,7,9,13-14H2,1-3H3,(H2,22,23,25). The van der Waals surface area contributed by atoms with Crippen LogP contribution in [-0.4, -0.2) is 18.3 Å². The molecule has 0 unspecified atom stereocenters. The Morgan fingerprint density at radius 1 is 1.08 bits per heavy atom. The summed E-state index contributed by atoms with van der Waals surface area (Å²) in [6.07, 6.45) is 2.99. The van der Waals surface area contributed by atoms with Crippen LogP contribution < -0.4 is 15.4 Å². The van der Waals surface area contributed by atoms with E-state index >= 15 is 0 Å². The second-order valence-electron chi connectivity index (χ2n) is 6.24. The third-order valence-electron chi connectivity index (χ3n) is 4.11. The van der Waals surface area contributed by atoms with Crippen molar-refractivity contribution in [2.45, 2.75) is 40.0 Å². The first kappa shape index (κ1) is 19.3. The molecule has 0 aliphatic rings. The number of aryl methyl sites for hydroxylation is 3. The van der Waals surface area contributed by atoms with Crippen LogP contribution in [0.5, 0.6) is 5.75 Å². The topological polar surface area (TPSA) is 33.3 Å². The Balaban J connectivity index is 1.75. The molecule has 0 radical (unpaired) electrons. The van der Waals surface area contributed by atoms with Gasteiger partial charge in [-0.15, -0.1) is 0 Å². The van der Waals surface area contributed by atoms with Crippen LogP contribution in [0.25, 0.3) is 0 Å². The minimum atomic E-state index is 0.666. The summed E-state index contributed by atoms with van der Waals surface area (Å²) in [5.74, 6) is 1.00. The first-order valence-corrected chi connectivity index (χ1v) is 9.33. The average molecular weight is 357 g/mol. The van der Waals surface area contributed by atoms with E-state index in [4.69, 9.17) is 17.0 Å². The van der Waals surface area contributed by atoms with Gasteiger partial charge in [-0.2, -0.15) is 0 Å². The molecule has 0 bridgehead atoms. The van der Waals surface area contributed by atoms with E-state index in [0.717, 1.165) is 43.9 Å². The molecular weight excluding hydrogens is 328 g/mol. The number of hydrogen-bond acceptors (Lipinski definition) is 2. The maximum absolute atomic E-state index is 5.81. The molecule has 0 saturated carbocycles. The number of ether oxygens (including phenoxy) is 1. The Kier molecular flexibility index (Phi) is 7.74. The molecule has 2 aromatic rings. The Morgan fingerprint density at radius 3 is 2.64 bits per heavy atom. The predicted molar refractivity (Wildman–Crippen MR) is 111 cm³/mol. The van der Waals surface area contributed by atoms with Gasteiger partial charge in [0.15, 0.2) is 5.11 Å². The van der Waals surface area contributed by atoms with Gasteiger partial charge in [0.05, 0.1) is 6.61 Å². The van der Waals surface area contributed by atoms with E-state index in [1.165, 1.54) is 16.7 Å². The zero-order chi connectivity index (χ0) is 18.1. The van der Waals surface area contributed by atoms with E-state index in [1.54, 1.807) is 0 Å². The van der Waals surface area contributed by atoms with Crippen LogP contribution in [0.15, 0.2) is 42.5 Å². The number of thiocarbonyl (C=S) groups is 1. The number of para-hydroxylation sites is 1. The van der Waals surface area contributed by atoms with Crippen LogP contribution in [0.4, 0.5) is 5.69 Å².